The Morgan fingerprint density at radius 2 is 1.00 bits per heavy atom. The van der Waals surface area contributed by atoms with Gasteiger partial charge in [-0.25, -0.2) is 0 Å². The Hall–Kier alpha value is -0.300. The van der Waals surface area contributed by atoms with Gasteiger partial charge in [-0.15, -0.1) is 0 Å². The van der Waals surface area contributed by atoms with Crippen LogP contribution < -0.4 is 0 Å². The SMILES string of the molecule is [CH2]CCCCCCC/C=C\CCCCCCCCO. The zero-order valence-electron chi connectivity index (χ0n) is 12.9. The summed E-state index contributed by atoms with van der Waals surface area (Å²) in [6.45, 7) is 4.23. The summed E-state index contributed by atoms with van der Waals surface area (Å²) in [6.07, 6.45) is 22.6. The number of hydrogen-bond acceptors (Lipinski definition) is 1. The van der Waals surface area contributed by atoms with Gasteiger partial charge in [0.05, 0.1) is 0 Å². The lowest BCUT2D eigenvalue weighted by molar-refractivity contribution is 0.282. The van der Waals surface area contributed by atoms with Crippen LogP contribution in [0.5, 0.6) is 0 Å². The molecular formula is C18H35O. The molecule has 0 heterocycles. The molecule has 1 nitrogen and oxygen atoms in total. The van der Waals surface area contributed by atoms with Gasteiger partial charge in [0, 0.05) is 6.61 Å². The largest absolute Gasteiger partial charge is 0.396 e. The maximum atomic E-state index is 8.66. The van der Waals surface area contributed by atoms with Crippen LogP contribution in [0.2, 0.25) is 0 Å². The van der Waals surface area contributed by atoms with Gasteiger partial charge in [0.25, 0.3) is 0 Å². The second kappa shape index (κ2) is 17.7. The molecule has 0 saturated carbocycles. The number of unbranched alkanes of at least 4 members (excludes halogenated alkanes) is 12. The molecule has 0 atom stereocenters. The van der Waals surface area contributed by atoms with E-state index < -0.39 is 0 Å². The minimum absolute atomic E-state index is 0.359. The van der Waals surface area contributed by atoms with Crippen LogP contribution >= 0.6 is 0 Å². The van der Waals surface area contributed by atoms with E-state index in [-0.39, 0.29) is 0 Å². The molecule has 0 aromatic rings. The van der Waals surface area contributed by atoms with Crippen LogP contribution in [0.3, 0.4) is 0 Å². The monoisotopic (exact) mass is 267 g/mol. The van der Waals surface area contributed by atoms with Gasteiger partial charge in [0.2, 0.25) is 0 Å². The summed E-state index contributed by atoms with van der Waals surface area (Å²) in [6, 6.07) is 0. The van der Waals surface area contributed by atoms with Gasteiger partial charge in [-0.3, -0.25) is 0 Å². The van der Waals surface area contributed by atoms with Gasteiger partial charge in [-0.1, -0.05) is 76.9 Å². The summed E-state index contributed by atoms with van der Waals surface area (Å²) >= 11 is 0. The molecule has 0 aromatic carbocycles. The van der Waals surface area contributed by atoms with Gasteiger partial charge < -0.3 is 5.11 Å². The normalized spacial score (nSPS) is 11.5. The zero-order valence-corrected chi connectivity index (χ0v) is 12.9. The van der Waals surface area contributed by atoms with Gasteiger partial charge in [0.15, 0.2) is 0 Å². The highest BCUT2D eigenvalue weighted by Gasteiger charge is 1.90. The molecule has 1 N–H and O–H groups in total. The predicted molar refractivity (Wildman–Crippen MR) is 86.2 cm³/mol. The third-order valence-electron chi connectivity index (χ3n) is 3.57. The van der Waals surface area contributed by atoms with Gasteiger partial charge in [-0.2, -0.15) is 0 Å². The van der Waals surface area contributed by atoms with E-state index in [1.807, 2.05) is 0 Å². The van der Waals surface area contributed by atoms with Crippen LogP contribution in [0.4, 0.5) is 0 Å². The minimum Gasteiger partial charge on any atom is -0.396 e. The molecule has 0 aliphatic rings. The summed E-state index contributed by atoms with van der Waals surface area (Å²) < 4.78 is 0. The summed E-state index contributed by atoms with van der Waals surface area (Å²) in [5.74, 6) is 0. The molecule has 0 aliphatic carbocycles. The first-order chi connectivity index (χ1) is 9.41. The molecule has 0 unspecified atom stereocenters. The molecule has 0 rings (SSSR count). The van der Waals surface area contributed by atoms with Crippen LogP contribution in [0.1, 0.15) is 89.9 Å². The molecule has 113 valence electrons. The molecule has 0 bridgehead atoms. The van der Waals surface area contributed by atoms with E-state index in [4.69, 9.17) is 5.11 Å². The Balaban J connectivity index is 3.01. The summed E-state index contributed by atoms with van der Waals surface area (Å²) in [7, 11) is 0. The third-order valence-corrected chi connectivity index (χ3v) is 3.57. The Labute approximate surface area is 121 Å². The zero-order chi connectivity index (χ0) is 14.0. The summed E-state index contributed by atoms with van der Waals surface area (Å²) in [5, 5.41) is 8.66. The first-order valence-electron chi connectivity index (χ1n) is 8.47. The van der Waals surface area contributed by atoms with Gasteiger partial charge in [0.1, 0.15) is 0 Å². The Bertz CT molecular complexity index is 175. The quantitative estimate of drug-likeness (QED) is 0.292. The van der Waals surface area contributed by atoms with E-state index in [9.17, 15) is 0 Å². The van der Waals surface area contributed by atoms with E-state index in [0.717, 1.165) is 12.8 Å². The highest BCUT2D eigenvalue weighted by molar-refractivity contribution is 4.81. The maximum Gasteiger partial charge on any atom is 0.0431 e. The van der Waals surface area contributed by atoms with Crippen molar-refractivity contribution in [2.24, 2.45) is 0 Å². The lowest BCUT2D eigenvalue weighted by atomic mass is 10.1. The van der Waals surface area contributed by atoms with Crippen molar-refractivity contribution in [3.05, 3.63) is 19.1 Å². The molecule has 0 aliphatic heterocycles. The van der Waals surface area contributed by atoms with Gasteiger partial charge in [-0.05, 0) is 32.1 Å². The second-order valence-corrected chi connectivity index (χ2v) is 5.52. The fourth-order valence-electron chi connectivity index (χ4n) is 2.29. The smallest absolute Gasteiger partial charge is 0.0431 e. The van der Waals surface area contributed by atoms with E-state index in [1.54, 1.807) is 0 Å². The minimum atomic E-state index is 0.359. The van der Waals surface area contributed by atoms with Crippen molar-refractivity contribution in [3.8, 4) is 0 Å². The van der Waals surface area contributed by atoms with Crippen molar-refractivity contribution >= 4 is 0 Å². The fraction of sp³-hybridized carbons (Fsp3) is 0.833. The maximum absolute atomic E-state index is 8.66. The van der Waals surface area contributed by atoms with Crippen LogP contribution in [0, 0.1) is 6.92 Å². The standard InChI is InChI=1S/C18H35O/c1-2-3-4-5-6-7-8-9-10-11-12-13-14-15-16-17-18-19/h9-10,19H,1-8,11-18H2/b10-9-. The van der Waals surface area contributed by atoms with Crippen LogP contribution in [0.15, 0.2) is 12.2 Å². The highest BCUT2D eigenvalue weighted by Crippen LogP contribution is 2.09. The first-order valence-corrected chi connectivity index (χ1v) is 8.47. The Morgan fingerprint density at radius 1 is 0.579 bits per heavy atom. The van der Waals surface area contributed by atoms with Crippen molar-refractivity contribution in [2.45, 2.75) is 89.9 Å². The Kier molecular flexibility index (Phi) is 17.4. The summed E-state index contributed by atoms with van der Waals surface area (Å²) in [5.41, 5.74) is 0. The molecule has 0 saturated heterocycles. The lowest BCUT2D eigenvalue weighted by Gasteiger charge is -1.99. The fourth-order valence-corrected chi connectivity index (χ4v) is 2.29. The van der Waals surface area contributed by atoms with Crippen molar-refractivity contribution in [1.29, 1.82) is 0 Å². The lowest BCUT2D eigenvalue weighted by Crippen LogP contribution is -1.83. The molecular weight excluding hydrogens is 232 g/mol. The Morgan fingerprint density at radius 3 is 1.47 bits per heavy atom. The molecule has 1 heteroatoms. The molecule has 19 heavy (non-hydrogen) atoms. The third kappa shape index (κ3) is 17.7. The van der Waals surface area contributed by atoms with Crippen LogP contribution in [-0.4, -0.2) is 11.7 Å². The van der Waals surface area contributed by atoms with Crippen molar-refractivity contribution < 1.29 is 5.11 Å². The molecule has 0 aromatic heterocycles. The molecule has 1 radical (unpaired) electrons. The number of aliphatic hydroxyl groups excluding tert-OH is 1. The number of allylic oxidation sites excluding steroid dienone is 2. The average Bonchev–Trinajstić information content (AvgIpc) is 2.43. The van der Waals surface area contributed by atoms with Gasteiger partial charge >= 0.3 is 0 Å². The number of aliphatic hydroxyl groups is 1. The average molecular weight is 267 g/mol. The second-order valence-electron chi connectivity index (χ2n) is 5.52. The predicted octanol–water partition coefficient (Wildman–Crippen LogP) is 5.83. The van der Waals surface area contributed by atoms with E-state index in [2.05, 4.69) is 19.1 Å². The van der Waals surface area contributed by atoms with Crippen LogP contribution in [-0.2, 0) is 0 Å². The molecule has 0 fully saturated rings. The van der Waals surface area contributed by atoms with Crippen molar-refractivity contribution in [1.82, 2.24) is 0 Å². The highest BCUT2D eigenvalue weighted by atomic mass is 16.2. The van der Waals surface area contributed by atoms with Crippen molar-refractivity contribution in [3.63, 3.8) is 0 Å². The van der Waals surface area contributed by atoms with E-state index >= 15 is 0 Å². The first kappa shape index (κ1) is 18.7. The van der Waals surface area contributed by atoms with Crippen molar-refractivity contribution in [2.75, 3.05) is 6.61 Å². The van der Waals surface area contributed by atoms with E-state index in [0.29, 0.717) is 6.61 Å². The van der Waals surface area contributed by atoms with Crippen LogP contribution in [0.25, 0.3) is 0 Å². The number of rotatable bonds is 15. The molecule has 0 amide bonds. The summed E-state index contributed by atoms with van der Waals surface area (Å²) in [4.78, 5) is 0. The van der Waals surface area contributed by atoms with E-state index in [1.165, 1.54) is 77.0 Å². The topological polar surface area (TPSA) is 20.2 Å². The number of hydrogen-bond donors (Lipinski definition) is 1. The molecule has 0 spiro atoms.